The third kappa shape index (κ3) is 2.84. The van der Waals surface area contributed by atoms with Gasteiger partial charge in [0, 0.05) is 0 Å². The Hall–Kier alpha value is -5.06. The van der Waals surface area contributed by atoms with Crippen LogP contribution in [-0.2, 0) is 0 Å². The SMILES string of the molecule is CC12NC(=O)N(CC([N+](=O)[O-])([N+](=O)[O-])[N+](=O)[O-])C1(C)NC(=O)N2CC([N+](=O)[O-])([N+](=O)[O-])[N+](=O)[O-]. The molecular weight excluding hydrogens is 484 g/mol. The van der Waals surface area contributed by atoms with Gasteiger partial charge in [-0.05, 0) is 13.8 Å². The van der Waals surface area contributed by atoms with E-state index in [0.29, 0.717) is 0 Å². The molecule has 2 fully saturated rings. The Bertz CT molecular complexity index is 906. The number of carbonyl (C=O) groups excluding carboxylic acids is 2. The lowest BCUT2D eigenvalue weighted by Gasteiger charge is -2.38. The summed E-state index contributed by atoms with van der Waals surface area (Å²) in [5, 5.41) is 71.4. The van der Waals surface area contributed by atoms with Crippen molar-refractivity contribution < 1.29 is 39.1 Å². The maximum Gasteiger partial charge on any atom is 0.717 e. The van der Waals surface area contributed by atoms with Crippen LogP contribution in [0.5, 0.6) is 0 Å². The first-order valence-corrected chi connectivity index (χ1v) is 8.42. The third-order valence-corrected chi connectivity index (χ3v) is 5.71. The molecular formula is C10H12N10O14. The van der Waals surface area contributed by atoms with Gasteiger partial charge in [0.15, 0.2) is 40.9 Å². The van der Waals surface area contributed by atoms with Crippen LogP contribution < -0.4 is 10.6 Å². The topological polar surface area (TPSA) is 324 Å². The molecule has 0 bridgehead atoms. The Morgan fingerprint density at radius 1 is 0.618 bits per heavy atom. The van der Waals surface area contributed by atoms with Crippen LogP contribution in [0.3, 0.4) is 0 Å². The number of nitro groups is 6. The van der Waals surface area contributed by atoms with Gasteiger partial charge in [0.05, 0.1) is 0 Å². The zero-order chi connectivity index (χ0) is 26.6. The Labute approximate surface area is 183 Å². The van der Waals surface area contributed by atoms with Gasteiger partial charge in [-0.15, -0.1) is 0 Å². The fourth-order valence-electron chi connectivity index (χ4n) is 3.49. The second-order valence-corrected chi connectivity index (χ2v) is 7.27. The van der Waals surface area contributed by atoms with Crippen LogP contribution >= 0.6 is 0 Å². The molecule has 34 heavy (non-hydrogen) atoms. The maximum absolute atomic E-state index is 12.5. The van der Waals surface area contributed by atoms with Crippen molar-refractivity contribution in [2.75, 3.05) is 13.1 Å². The van der Waals surface area contributed by atoms with Crippen LogP contribution in [0.25, 0.3) is 0 Å². The molecule has 0 spiro atoms. The number of amides is 4. The lowest BCUT2D eigenvalue weighted by Crippen LogP contribution is -2.70. The van der Waals surface area contributed by atoms with Crippen molar-refractivity contribution in [3.8, 4) is 0 Å². The zero-order valence-electron chi connectivity index (χ0n) is 16.7. The summed E-state index contributed by atoms with van der Waals surface area (Å²) in [6, 6.07) is -3.03. The van der Waals surface area contributed by atoms with Gasteiger partial charge in [-0.25, -0.2) is 9.59 Å². The molecule has 2 saturated heterocycles. The second-order valence-electron chi connectivity index (χ2n) is 7.27. The Balaban J connectivity index is 2.63. The van der Waals surface area contributed by atoms with Crippen LogP contribution in [0.2, 0.25) is 0 Å². The van der Waals surface area contributed by atoms with Gasteiger partial charge in [0.1, 0.15) is 0 Å². The minimum Gasteiger partial charge on any atom is -0.311 e. The predicted octanol–water partition coefficient (Wildman–Crippen LogP) is -2.56. The molecule has 2 atom stereocenters. The van der Waals surface area contributed by atoms with Crippen molar-refractivity contribution in [3.63, 3.8) is 0 Å². The van der Waals surface area contributed by atoms with E-state index in [2.05, 4.69) is 0 Å². The smallest absolute Gasteiger partial charge is 0.311 e. The van der Waals surface area contributed by atoms with E-state index in [1.165, 1.54) is 0 Å². The molecule has 2 N–H and O–H groups in total. The average molecular weight is 496 g/mol. The minimum absolute atomic E-state index is 0.0887. The van der Waals surface area contributed by atoms with E-state index < -0.39 is 77.6 Å². The highest BCUT2D eigenvalue weighted by molar-refractivity contribution is 5.88. The molecule has 0 aromatic heterocycles. The van der Waals surface area contributed by atoms with Crippen molar-refractivity contribution in [2.45, 2.75) is 36.7 Å². The van der Waals surface area contributed by atoms with E-state index in [-0.39, 0.29) is 9.80 Å². The second kappa shape index (κ2) is 7.24. The summed E-state index contributed by atoms with van der Waals surface area (Å²) in [5.74, 6) is -8.45. The monoisotopic (exact) mass is 496 g/mol. The van der Waals surface area contributed by atoms with E-state index in [1.54, 1.807) is 0 Å². The van der Waals surface area contributed by atoms with Crippen LogP contribution in [0.4, 0.5) is 9.59 Å². The molecule has 4 amide bonds. The number of nitrogens with zero attached hydrogens (tertiary/aromatic N) is 8. The largest absolute Gasteiger partial charge is 0.717 e. The molecule has 2 aliphatic rings. The quantitative estimate of drug-likeness (QED) is 0.178. The lowest BCUT2D eigenvalue weighted by molar-refractivity contribution is -0.968. The number of carbonyl (C=O) groups is 2. The van der Waals surface area contributed by atoms with Gasteiger partial charge in [-0.1, -0.05) is 0 Å². The zero-order valence-corrected chi connectivity index (χ0v) is 16.7. The van der Waals surface area contributed by atoms with E-state index in [9.17, 15) is 70.3 Å². The first-order chi connectivity index (χ1) is 15.4. The summed E-state index contributed by atoms with van der Waals surface area (Å²) in [4.78, 5) is 81.3. The fraction of sp³-hybridized carbons (Fsp3) is 0.800. The summed E-state index contributed by atoms with van der Waals surface area (Å²) in [5.41, 5.74) is -4.83. The number of nitrogens with one attached hydrogen (secondary N) is 2. The molecule has 0 aliphatic carbocycles. The Morgan fingerprint density at radius 3 is 1.00 bits per heavy atom. The van der Waals surface area contributed by atoms with E-state index in [4.69, 9.17) is 0 Å². The molecule has 186 valence electrons. The van der Waals surface area contributed by atoms with Gasteiger partial charge >= 0.3 is 23.6 Å². The van der Waals surface area contributed by atoms with Crippen LogP contribution in [0, 0.1) is 60.7 Å². The van der Waals surface area contributed by atoms with Gasteiger partial charge in [0.2, 0.25) is 13.1 Å². The molecule has 0 radical (unpaired) electrons. The average Bonchev–Trinajstić information content (AvgIpc) is 2.95. The van der Waals surface area contributed by atoms with E-state index in [1.807, 2.05) is 10.6 Å². The fourth-order valence-corrected chi connectivity index (χ4v) is 3.49. The summed E-state index contributed by atoms with van der Waals surface area (Å²) in [6.45, 7) is -2.09. The highest BCUT2D eigenvalue weighted by Gasteiger charge is 2.80. The third-order valence-electron chi connectivity index (χ3n) is 5.71. The molecule has 0 aromatic carbocycles. The molecule has 0 saturated carbocycles. The number of rotatable bonds is 10. The highest BCUT2D eigenvalue weighted by Crippen LogP contribution is 2.42. The highest BCUT2D eigenvalue weighted by atomic mass is 16.7. The van der Waals surface area contributed by atoms with E-state index >= 15 is 0 Å². The molecule has 24 nitrogen and oxygen atoms in total. The van der Waals surface area contributed by atoms with Gasteiger partial charge in [-0.3, -0.25) is 70.5 Å². The molecule has 2 rings (SSSR count). The van der Waals surface area contributed by atoms with Crippen molar-refractivity contribution in [2.24, 2.45) is 0 Å². The number of fused-ring (bicyclic) bond motifs is 1. The maximum atomic E-state index is 12.5. The predicted molar refractivity (Wildman–Crippen MR) is 94.7 cm³/mol. The Kier molecular flexibility index (Phi) is 5.36. The van der Waals surface area contributed by atoms with Crippen LogP contribution in [-0.4, -0.2) is 87.4 Å². The van der Waals surface area contributed by atoms with Crippen LogP contribution in [0.15, 0.2) is 0 Å². The number of hydrogen-bond donors (Lipinski definition) is 2. The van der Waals surface area contributed by atoms with Gasteiger partial charge in [0.25, 0.3) is 0 Å². The van der Waals surface area contributed by atoms with Crippen molar-refractivity contribution in [1.82, 2.24) is 20.4 Å². The van der Waals surface area contributed by atoms with Gasteiger partial charge in [-0.2, -0.15) is 0 Å². The van der Waals surface area contributed by atoms with Crippen molar-refractivity contribution in [1.29, 1.82) is 0 Å². The summed E-state index contributed by atoms with van der Waals surface area (Å²) in [7, 11) is 0. The van der Waals surface area contributed by atoms with Crippen molar-refractivity contribution in [3.05, 3.63) is 60.7 Å². The number of hydrogen-bond acceptors (Lipinski definition) is 14. The summed E-state index contributed by atoms with van der Waals surface area (Å²) >= 11 is 0. The lowest BCUT2D eigenvalue weighted by atomic mass is 9.97. The molecule has 0 aromatic rings. The molecule has 2 aliphatic heterocycles. The van der Waals surface area contributed by atoms with Crippen LogP contribution in [0.1, 0.15) is 13.8 Å². The Morgan fingerprint density at radius 2 is 0.824 bits per heavy atom. The normalized spacial score (nSPS) is 24.2. The number of urea groups is 2. The van der Waals surface area contributed by atoms with Gasteiger partial charge < -0.3 is 10.6 Å². The first kappa shape index (κ1) is 25.2. The summed E-state index contributed by atoms with van der Waals surface area (Å²) in [6.07, 6.45) is 0. The van der Waals surface area contributed by atoms with E-state index in [0.717, 1.165) is 13.8 Å². The minimum atomic E-state index is -4.23. The molecule has 2 heterocycles. The molecule has 2 unspecified atom stereocenters. The standard InChI is InChI=1S/C10H12N10O14/c1-7-8(2,12-6(22)13(7)3-9(15(23)24,16(25)26)17(27)28)14(5(21)11-7)4-10(18(29)30,19(31)32)20(33)34/h3-4H2,1-2H3,(H,11,21)(H,12,22). The first-order valence-electron chi connectivity index (χ1n) is 8.42. The molecule has 24 heteroatoms. The summed E-state index contributed by atoms with van der Waals surface area (Å²) < 4.78 is 0. The van der Waals surface area contributed by atoms with Crippen molar-refractivity contribution >= 4 is 12.1 Å².